The fourth-order valence-corrected chi connectivity index (χ4v) is 1.90. The predicted octanol–water partition coefficient (Wildman–Crippen LogP) is 1.25. The van der Waals surface area contributed by atoms with Gasteiger partial charge >= 0.3 is 29.4 Å². The minimum Gasteiger partial charge on any atom is -0.316 e. The van der Waals surface area contributed by atoms with E-state index in [-0.39, 0.29) is 16.8 Å². The Morgan fingerprint density at radius 1 is 1.15 bits per heavy atom. The maximum absolute atomic E-state index is 12.9. The molecule has 0 aliphatic rings. The van der Waals surface area contributed by atoms with Crippen LogP contribution in [0.1, 0.15) is 5.56 Å². The standard InChI is InChI=1S/C11H4F6N4O5/c12-10(13,14)3-1-4-6(2-5(3)21(25)26)20(8(23)7(22)18-4)19-9(24)11(15,16)17/h1-2H,(H,18,22)(H,19,24). The average molecular weight is 386 g/mol. The Labute approximate surface area is 136 Å². The van der Waals surface area contributed by atoms with Crippen molar-refractivity contribution in [2.45, 2.75) is 12.4 Å². The average Bonchev–Trinajstić information content (AvgIpc) is 2.48. The number of nitrogens with one attached hydrogen (secondary N) is 2. The number of H-pyrrole nitrogens is 1. The van der Waals surface area contributed by atoms with Crippen LogP contribution in [0.2, 0.25) is 0 Å². The van der Waals surface area contributed by atoms with Crippen molar-refractivity contribution in [1.82, 2.24) is 9.66 Å². The van der Waals surface area contributed by atoms with E-state index in [9.17, 15) is 50.8 Å². The molecular weight excluding hydrogens is 382 g/mol. The minimum absolute atomic E-state index is 0.0601. The van der Waals surface area contributed by atoms with Gasteiger partial charge in [0.15, 0.2) is 0 Å². The Kier molecular flexibility index (Phi) is 4.26. The van der Waals surface area contributed by atoms with Crippen LogP contribution in [0.15, 0.2) is 21.7 Å². The van der Waals surface area contributed by atoms with Crippen molar-refractivity contribution in [3.8, 4) is 0 Å². The third kappa shape index (κ3) is 3.35. The third-order valence-electron chi connectivity index (χ3n) is 2.97. The number of aromatic nitrogens is 2. The summed E-state index contributed by atoms with van der Waals surface area (Å²) < 4.78 is 75.4. The summed E-state index contributed by atoms with van der Waals surface area (Å²) in [6.07, 6.45) is -10.8. The summed E-state index contributed by atoms with van der Waals surface area (Å²) in [5.41, 5.74) is -7.74. The summed E-state index contributed by atoms with van der Waals surface area (Å²) in [6, 6.07) is 0.163. The van der Waals surface area contributed by atoms with E-state index in [1.807, 2.05) is 0 Å². The third-order valence-corrected chi connectivity index (χ3v) is 2.97. The van der Waals surface area contributed by atoms with Crippen LogP contribution in [-0.2, 0) is 11.0 Å². The molecule has 0 saturated carbocycles. The molecule has 1 aromatic heterocycles. The van der Waals surface area contributed by atoms with Crippen molar-refractivity contribution in [2.75, 3.05) is 5.43 Å². The molecule has 2 rings (SSSR count). The number of carbonyl (C=O) groups is 1. The van der Waals surface area contributed by atoms with Crippen LogP contribution in [0, 0.1) is 10.1 Å². The molecule has 15 heteroatoms. The molecule has 1 aromatic carbocycles. The summed E-state index contributed by atoms with van der Waals surface area (Å²) in [6.45, 7) is 0. The SMILES string of the molecule is O=C(Nn1c(=O)c(=O)[nH]c2cc(C(F)(F)F)c([N+](=O)[O-])cc21)C(F)(F)F. The highest BCUT2D eigenvalue weighted by molar-refractivity contribution is 5.90. The van der Waals surface area contributed by atoms with E-state index >= 15 is 0 Å². The summed E-state index contributed by atoms with van der Waals surface area (Å²) in [4.78, 5) is 45.0. The van der Waals surface area contributed by atoms with Gasteiger partial charge in [-0.15, -0.1) is 0 Å². The quantitative estimate of drug-likeness (QED) is 0.348. The van der Waals surface area contributed by atoms with Gasteiger partial charge in [-0.2, -0.15) is 26.3 Å². The van der Waals surface area contributed by atoms with E-state index < -0.39 is 56.6 Å². The number of nitro groups is 1. The van der Waals surface area contributed by atoms with Crippen molar-refractivity contribution in [2.24, 2.45) is 0 Å². The van der Waals surface area contributed by atoms with Crippen LogP contribution in [-0.4, -0.2) is 26.7 Å². The van der Waals surface area contributed by atoms with Gasteiger partial charge in [0.2, 0.25) is 0 Å². The first kappa shape index (κ1) is 18.9. The normalized spacial score (nSPS) is 12.2. The lowest BCUT2D eigenvalue weighted by Gasteiger charge is -2.14. The van der Waals surface area contributed by atoms with E-state index in [4.69, 9.17) is 0 Å². The number of halogens is 6. The zero-order valence-electron chi connectivity index (χ0n) is 11.9. The molecule has 0 radical (unpaired) electrons. The van der Waals surface area contributed by atoms with Gasteiger partial charge in [-0.1, -0.05) is 0 Å². The second-order valence-electron chi connectivity index (χ2n) is 4.67. The van der Waals surface area contributed by atoms with Gasteiger partial charge in [0, 0.05) is 6.07 Å². The van der Waals surface area contributed by atoms with Crippen LogP contribution in [0.5, 0.6) is 0 Å². The van der Waals surface area contributed by atoms with Gasteiger partial charge in [-0.3, -0.25) is 29.9 Å². The maximum Gasteiger partial charge on any atom is 0.472 e. The highest BCUT2D eigenvalue weighted by Crippen LogP contribution is 2.37. The highest BCUT2D eigenvalue weighted by atomic mass is 19.4. The van der Waals surface area contributed by atoms with Crippen LogP contribution < -0.4 is 16.5 Å². The predicted molar refractivity (Wildman–Crippen MR) is 70.9 cm³/mol. The lowest BCUT2D eigenvalue weighted by Crippen LogP contribution is -2.46. The number of nitro benzene ring substituents is 1. The van der Waals surface area contributed by atoms with E-state index in [2.05, 4.69) is 0 Å². The van der Waals surface area contributed by atoms with Gasteiger partial charge in [0.1, 0.15) is 5.56 Å². The number of aromatic amines is 1. The lowest BCUT2D eigenvalue weighted by molar-refractivity contribution is -0.387. The summed E-state index contributed by atoms with van der Waals surface area (Å²) >= 11 is 0. The smallest absolute Gasteiger partial charge is 0.316 e. The monoisotopic (exact) mass is 386 g/mol. The Hall–Kier alpha value is -3.39. The summed E-state index contributed by atoms with van der Waals surface area (Å²) in [5.74, 6) is -2.73. The highest BCUT2D eigenvalue weighted by Gasteiger charge is 2.41. The van der Waals surface area contributed by atoms with Gasteiger partial charge in [0.25, 0.3) is 5.69 Å². The van der Waals surface area contributed by atoms with Crippen molar-refractivity contribution in [1.29, 1.82) is 0 Å². The summed E-state index contributed by atoms with van der Waals surface area (Å²) in [5, 5.41) is 10.8. The number of fused-ring (bicyclic) bond motifs is 1. The maximum atomic E-state index is 12.9. The molecule has 1 heterocycles. The molecule has 0 fully saturated rings. The fourth-order valence-electron chi connectivity index (χ4n) is 1.90. The molecule has 1 amide bonds. The Morgan fingerprint density at radius 2 is 1.73 bits per heavy atom. The largest absolute Gasteiger partial charge is 0.472 e. The number of hydrogen-bond acceptors (Lipinski definition) is 5. The van der Waals surface area contributed by atoms with Crippen molar-refractivity contribution < 1.29 is 36.1 Å². The van der Waals surface area contributed by atoms with Crippen LogP contribution in [0.25, 0.3) is 11.0 Å². The number of benzene rings is 1. The Morgan fingerprint density at radius 3 is 2.19 bits per heavy atom. The zero-order valence-corrected chi connectivity index (χ0v) is 11.9. The number of alkyl halides is 6. The molecule has 0 aliphatic carbocycles. The van der Waals surface area contributed by atoms with Crippen LogP contribution in [0.4, 0.5) is 32.0 Å². The van der Waals surface area contributed by atoms with Crippen molar-refractivity contribution in [3.63, 3.8) is 0 Å². The molecule has 140 valence electrons. The first-order valence-corrected chi connectivity index (χ1v) is 6.16. The molecule has 26 heavy (non-hydrogen) atoms. The van der Waals surface area contributed by atoms with E-state index in [1.165, 1.54) is 0 Å². The molecule has 0 atom stereocenters. The van der Waals surface area contributed by atoms with E-state index in [0.717, 1.165) is 5.43 Å². The molecule has 0 unspecified atom stereocenters. The van der Waals surface area contributed by atoms with Gasteiger partial charge in [0.05, 0.1) is 16.0 Å². The molecule has 2 aromatic rings. The first-order valence-electron chi connectivity index (χ1n) is 6.16. The van der Waals surface area contributed by atoms with E-state index in [1.54, 1.807) is 4.98 Å². The molecule has 9 nitrogen and oxygen atoms in total. The van der Waals surface area contributed by atoms with Gasteiger partial charge < -0.3 is 4.98 Å². The number of nitrogens with zero attached hydrogens (tertiary/aromatic N) is 2. The molecular formula is C11H4F6N4O5. The van der Waals surface area contributed by atoms with Gasteiger partial charge in [-0.05, 0) is 6.07 Å². The molecule has 0 spiro atoms. The number of hydrogen-bond donors (Lipinski definition) is 2. The number of amides is 1. The lowest BCUT2D eigenvalue weighted by atomic mass is 10.1. The Bertz CT molecular complexity index is 1030. The molecule has 0 saturated heterocycles. The van der Waals surface area contributed by atoms with Gasteiger partial charge in [-0.25, -0.2) is 4.68 Å². The Balaban J connectivity index is 2.89. The van der Waals surface area contributed by atoms with Crippen molar-refractivity contribution >= 4 is 22.6 Å². The van der Waals surface area contributed by atoms with Crippen molar-refractivity contribution in [3.05, 3.63) is 48.5 Å². The minimum atomic E-state index is -5.51. The number of carbonyl (C=O) groups excluding carboxylic acids is 1. The second-order valence-corrected chi connectivity index (χ2v) is 4.67. The topological polar surface area (TPSA) is 127 Å². The second kappa shape index (κ2) is 5.85. The van der Waals surface area contributed by atoms with Crippen LogP contribution in [0.3, 0.4) is 0 Å². The fraction of sp³-hybridized carbons (Fsp3) is 0.182. The molecule has 0 aliphatic heterocycles. The van der Waals surface area contributed by atoms with E-state index in [0.29, 0.717) is 0 Å². The molecule has 2 N–H and O–H groups in total. The van der Waals surface area contributed by atoms with Crippen LogP contribution >= 0.6 is 0 Å². The number of rotatable bonds is 2. The molecule has 0 bridgehead atoms. The first-order chi connectivity index (χ1) is 11.7. The summed E-state index contributed by atoms with van der Waals surface area (Å²) in [7, 11) is 0. The zero-order chi connectivity index (χ0) is 20.0.